The van der Waals surface area contributed by atoms with Crippen molar-refractivity contribution in [3.8, 4) is 0 Å². The second-order valence-corrected chi connectivity index (χ2v) is 6.53. The van der Waals surface area contributed by atoms with Crippen LogP contribution >= 0.6 is 11.3 Å². The summed E-state index contributed by atoms with van der Waals surface area (Å²) in [4.78, 5) is 16.3. The van der Waals surface area contributed by atoms with Gasteiger partial charge in [-0.25, -0.2) is 9.78 Å². The number of thiazole rings is 1. The molecule has 23 heavy (non-hydrogen) atoms. The Kier molecular flexibility index (Phi) is 4.29. The maximum atomic E-state index is 12.1. The van der Waals surface area contributed by atoms with Crippen LogP contribution in [-0.2, 0) is 6.54 Å². The van der Waals surface area contributed by atoms with Crippen molar-refractivity contribution in [3.63, 3.8) is 0 Å². The molecule has 2 N–H and O–H groups in total. The van der Waals surface area contributed by atoms with Crippen LogP contribution in [0.3, 0.4) is 0 Å². The Morgan fingerprint density at radius 2 is 2.17 bits per heavy atom. The van der Waals surface area contributed by atoms with Crippen LogP contribution < -0.4 is 10.6 Å². The van der Waals surface area contributed by atoms with Gasteiger partial charge < -0.3 is 10.6 Å². The molecule has 2 aromatic heterocycles. The lowest BCUT2D eigenvalue weighted by Crippen LogP contribution is -2.38. The van der Waals surface area contributed by atoms with Crippen LogP contribution in [0.5, 0.6) is 0 Å². The van der Waals surface area contributed by atoms with E-state index < -0.39 is 0 Å². The number of hydrogen-bond donors (Lipinski definition) is 2. The van der Waals surface area contributed by atoms with E-state index >= 15 is 0 Å². The van der Waals surface area contributed by atoms with Crippen LogP contribution in [0.2, 0.25) is 0 Å². The van der Waals surface area contributed by atoms with Gasteiger partial charge in [-0.15, -0.1) is 11.3 Å². The molecule has 0 aliphatic carbocycles. The molecule has 1 aromatic carbocycles. The first-order chi connectivity index (χ1) is 11.0. The van der Waals surface area contributed by atoms with Crippen LogP contribution in [0.25, 0.3) is 10.2 Å². The van der Waals surface area contributed by atoms with Crippen LogP contribution in [0.15, 0.2) is 29.8 Å². The van der Waals surface area contributed by atoms with Gasteiger partial charge in [0.1, 0.15) is 0 Å². The number of carbonyl (C=O) groups excluding carboxylic acids is 1. The summed E-state index contributed by atoms with van der Waals surface area (Å²) in [6, 6.07) is 7.46. The highest BCUT2D eigenvalue weighted by atomic mass is 32.1. The summed E-state index contributed by atoms with van der Waals surface area (Å²) >= 11 is 1.55. The highest BCUT2D eigenvalue weighted by Gasteiger charge is 2.11. The second kappa shape index (κ2) is 6.37. The van der Waals surface area contributed by atoms with Crippen molar-refractivity contribution in [2.75, 3.05) is 5.32 Å². The van der Waals surface area contributed by atoms with Gasteiger partial charge in [0.25, 0.3) is 0 Å². The number of carbonyl (C=O) groups is 1. The van der Waals surface area contributed by atoms with E-state index in [2.05, 4.69) is 20.7 Å². The summed E-state index contributed by atoms with van der Waals surface area (Å²) in [5, 5.41) is 10.2. The first kappa shape index (κ1) is 15.5. The van der Waals surface area contributed by atoms with Crippen LogP contribution in [0.4, 0.5) is 10.5 Å². The first-order valence-corrected chi connectivity index (χ1v) is 8.31. The zero-order valence-electron chi connectivity index (χ0n) is 13.3. The molecular weight excluding hydrogens is 310 g/mol. The minimum atomic E-state index is -0.220. The Labute approximate surface area is 138 Å². The molecule has 0 aliphatic heterocycles. The molecule has 0 bridgehead atoms. The number of aryl methyl sites for hydroxylation is 2. The smallest absolute Gasteiger partial charge is 0.319 e. The molecule has 0 radical (unpaired) electrons. The fourth-order valence-electron chi connectivity index (χ4n) is 2.49. The minimum absolute atomic E-state index is 0.0277. The number of nitrogens with one attached hydrogen (secondary N) is 2. The van der Waals surface area contributed by atoms with Gasteiger partial charge in [0.15, 0.2) is 0 Å². The molecule has 0 spiro atoms. The zero-order valence-corrected chi connectivity index (χ0v) is 14.1. The first-order valence-electron chi connectivity index (χ1n) is 7.43. The highest BCUT2D eigenvalue weighted by Crippen LogP contribution is 2.21. The van der Waals surface area contributed by atoms with Gasteiger partial charge >= 0.3 is 6.03 Å². The predicted molar refractivity (Wildman–Crippen MR) is 92.9 cm³/mol. The fourth-order valence-corrected chi connectivity index (χ4v) is 3.20. The number of benzene rings is 1. The van der Waals surface area contributed by atoms with Crippen molar-refractivity contribution >= 4 is 33.3 Å². The van der Waals surface area contributed by atoms with Crippen LogP contribution in [-0.4, -0.2) is 26.8 Å². The van der Waals surface area contributed by atoms with Gasteiger partial charge in [-0.1, -0.05) is 0 Å². The summed E-state index contributed by atoms with van der Waals surface area (Å²) in [6.07, 6.45) is 0. The van der Waals surface area contributed by atoms with E-state index in [0.29, 0.717) is 6.54 Å². The van der Waals surface area contributed by atoms with Crippen molar-refractivity contribution in [3.05, 3.63) is 41.2 Å². The topological polar surface area (TPSA) is 71.8 Å². The zero-order chi connectivity index (χ0) is 16.4. The number of fused-ring (bicyclic) bond motifs is 1. The molecule has 3 rings (SSSR count). The maximum absolute atomic E-state index is 12.1. The molecule has 0 saturated carbocycles. The molecule has 0 aliphatic rings. The van der Waals surface area contributed by atoms with E-state index in [1.807, 2.05) is 49.7 Å². The number of rotatable bonds is 4. The van der Waals surface area contributed by atoms with E-state index in [-0.39, 0.29) is 12.1 Å². The number of urea groups is 1. The summed E-state index contributed by atoms with van der Waals surface area (Å²) in [5.74, 6) is 0. The van der Waals surface area contributed by atoms with Crippen molar-refractivity contribution in [1.29, 1.82) is 0 Å². The van der Waals surface area contributed by atoms with E-state index in [1.54, 1.807) is 16.8 Å². The van der Waals surface area contributed by atoms with Crippen molar-refractivity contribution < 1.29 is 4.79 Å². The molecule has 3 aromatic rings. The van der Waals surface area contributed by atoms with Gasteiger partial charge in [0, 0.05) is 17.4 Å². The highest BCUT2D eigenvalue weighted by molar-refractivity contribution is 7.16. The lowest BCUT2D eigenvalue weighted by molar-refractivity contribution is 0.247. The van der Waals surface area contributed by atoms with E-state index in [1.165, 1.54) is 0 Å². The lowest BCUT2D eigenvalue weighted by atomic mass is 10.3. The number of aromatic nitrogens is 3. The van der Waals surface area contributed by atoms with Crippen molar-refractivity contribution in [2.45, 2.75) is 33.4 Å². The summed E-state index contributed by atoms with van der Waals surface area (Å²) in [5.41, 5.74) is 5.57. The minimum Gasteiger partial charge on any atom is -0.334 e. The Morgan fingerprint density at radius 3 is 2.91 bits per heavy atom. The molecule has 1 atom stereocenters. The molecule has 0 fully saturated rings. The van der Waals surface area contributed by atoms with Gasteiger partial charge in [-0.05, 0) is 45.0 Å². The summed E-state index contributed by atoms with van der Waals surface area (Å²) in [7, 11) is 0. The Bertz CT molecular complexity index is 838. The monoisotopic (exact) mass is 329 g/mol. The van der Waals surface area contributed by atoms with Gasteiger partial charge in [-0.3, -0.25) is 4.68 Å². The van der Waals surface area contributed by atoms with Crippen LogP contribution in [0.1, 0.15) is 18.3 Å². The number of amides is 2. The number of nitrogens with zero attached hydrogens (tertiary/aromatic N) is 3. The van der Waals surface area contributed by atoms with Crippen LogP contribution in [0, 0.1) is 13.8 Å². The van der Waals surface area contributed by atoms with E-state index in [4.69, 9.17) is 0 Å². The van der Waals surface area contributed by atoms with Crippen molar-refractivity contribution in [2.24, 2.45) is 0 Å². The Balaban J connectivity index is 1.58. The standard InChI is InChI=1S/C16H19N5OS/c1-10-6-12(3)21(20-10)8-11(2)18-16(22)19-13-4-5-14-15(7-13)23-9-17-14/h4-7,9,11H,8H2,1-3H3,(H2,18,19,22). The second-order valence-electron chi connectivity index (χ2n) is 5.64. The third kappa shape index (κ3) is 3.68. The maximum Gasteiger partial charge on any atom is 0.319 e. The average Bonchev–Trinajstić information content (AvgIpc) is 3.04. The molecule has 7 heteroatoms. The Hall–Kier alpha value is -2.41. The third-order valence-corrected chi connectivity index (χ3v) is 4.31. The number of hydrogen-bond acceptors (Lipinski definition) is 4. The molecule has 120 valence electrons. The average molecular weight is 329 g/mol. The predicted octanol–water partition coefficient (Wildman–Crippen LogP) is 3.32. The van der Waals surface area contributed by atoms with Gasteiger partial charge in [-0.2, -0.15) is 5.10 Å². The number of anilines is 1. The molecule has 6 nitrogen and oxygen atoms in total. The lowest BCUT2D eigenvalue weighted by Gasteiger charge is -2.15. The normalized spacial score (nSPS) is 12.3. The van der Waals surface area contributed by atoms with Gasteiger partial charge in [0.2, 0.25) is 0 Å². The third-order valence-electron chi connectivity index (χ3n) is 3.52. The molecular formula is C16H19N5OS. The molecule has 2 amide bonds. The Morgan fingerprint density at radius 1 is 1.35 bits per heavy atom. The largest absolute Gasteiger partial charge is 0.334 e. The van der Waals surface area contributed by atoms with E-state index in [0.717, 1.165) is 27.3 Å². The van der Waals surface area contributed by atoms with Gasteiger partial charge in [0.05, 0.1) is 28.0 Å². The molecule has 1 unspecified atom stereocenters. The summed E-state index contributed by atoms with van der Waals surface area (Å²) < 4.78 is 2.96. The van der Waals surface area contributed by atoms with Crippen molar-refractivity contribution in [1.82, 2.24) is 20.1 Å². The quantitative estimate of drug-likeness (QED) is 0.771. The van der Waals surface area contributed by atoms with E-state index in [9.17, 15) is 4.79 Å². The summed E-state index contributed by atoms with van der Waals surface area (Å²) in [6.45, 7) is 6.57. The molecule has 2 heterocycles. The molecule has 0 saturated heterocycles. The SMILES string of the molecule is Cc1cc(C)n(CC(C)NC(=O)Nc2ccc3ncsc3c2)n1. The fraction of sp³-hybridized carbons (Fsp3) is 0.312.